The number of rotatable bonds is 6. The summed E-state index contributed by atoms with van der Waals surface area (Å²) < 4.78 is 5.52. The largest absolute Gasteiger partial charge is 0.396 e. The van der Waals surface area contributed by atoms with E-state index in [-0.39, 0.29) is 0 Å². The Morgan fingerprint density at radius 2 is 1.93 bits per heavy atom. The Balaban J connectivity index is 2.17. The molecule has 1 unspecified atom stereocenters. The molecule has 0 bridgehead atoms. The van der Waals surface area contributed by atoms with Crippen LogP contribution in [0.25, 0.3) is 0 Å². The number of hydrogen-bond donors (Lipinski definition) is 1. The summed E-state index contributed by atoms with van der Waals surface area (Å²) in [4.78, 5) is 0. The van der Waals surface area contributed by atoms with Crippen LogP contribution in [0.4, 0.5) is 0 Å². The lowest BCUT2D eigenvalue weighted by molar-refractivity contribution is 0.0515. The molecule has 1 atom stereocenters. The Bertz CT molecular complexity index is 139. The highest BCUT2D eigenvalue weighted by Crippen LogP contribution is 2.32. The molecule has 0 heterocycles. The molecular formula is C12H24O2. The highest BCUT2D eigenvalue weighted by Gasteiger charge is 2.23. The molecule has 1 N–H and O–H groups in total. The van der Waals surface area contributed by atoms with Gasteiger partial charge >= 0.3 is 0 Å². The maximum Gasteiger partial charge on any atom is 0.0518 e. The molecule has 0 aromatic carbocycles. The van der Waals surface area contributed by atoms with Gasteiger partial charge in [0.05, 0.1) is 6.10 Å². The van der Waals surface area contributed by atoms with Crippen molar-refractivity contribution in [2.24, 2.45) is 11.8 Å². The van der Waals surface area contributed by atoms with Gasteiger partial charge in [-0.15, -0.1) is 0 Å². The Morgan fingerprint density at radius 3 is 2.43 bits per heavy atom. The average Bonchev–Trinajstić information content (AvgIpc) is 2.64. The van der Waals surface area contributed by atoms with Gasteiger partial charge in [0, 0.05) is 13.2 Å². The van der Waals surface area contributed by atoms with E-state index in [0.717, 1.165) is 18.9 Å². The quantitative estimate of drug-likeness (QED) is 0.714. The third kappa shape index (κ3) is 3.97. The molecule has 1 aliphatic rings. The van der Waals surface area contributed by atoms with Crippen molar-refractivity contribution in [2.75, 3.05) is 13.2 Å². The molecule has 0 aromatic rings. The van der Waals surface area contributed by atoms with Crippen LogP contribution < -0.4 is 0 Å². The molecule has 1 aliphatic carbocycles. The summed E-state index contributed by atoms with van der Waals surface area (Å²) in [6, 6.07) is 0. The molecule has 0 amide bonds. The minimum atomic E-state index is 0.318. The maximum atomic E-state index is 9.30. The second-order valence-electron chi connectivity index (χ2n) is 4.70. The van der Waals surface area contributed by atoms with Gasteiger partial charge in [-0.25, -0.2) is 0 Å². The zero-order valence-electron chi connectivity index (χ0n) is 9.54. The van der Waals surface area contributed by atoms with Crippen LogP contribution in [0.2, 0.25) is 0 Å². The van der Waals surface area contributed by atoms with Crippen LogP contribution in [0.3, 0.4) is 0 Å². The predicted molar refractivity (Wildman–Crippen MR) is 58.2 cm³/mol. The van der Waals surface area contributed by atoms with E-state index in [2.05, 4.69) is 13.8 Å². The van der Waals surface area contributed by atoms with Crippen molar-refractivity contribution in [3.8, 4) is 0 Å². The second-order valence-corrected chi connectivity index (χ2v) is 4.70. The summed E-state index contributed by atoms with van der Waals surface area (Å²) in [5, 5.41) is 9.30. The predicted octanol–water partition coefficient (Wildman–Crippen LogP) is 2.60. The van der Waals surface area contributed by atoms with Crippen molar-refractivity contribution in [1.82, 2.24) is 0 Å². The van der Waals surface area contributed by atoms with Crippen molar-refractivity contribution in [3.63, 3.8) is 0 Å². The topological polar surface area (TPSA) is 29.5 Å². The number of aliphatic hydroxyl groups is 1. The van der Waals surface area contributed by atoms with Gasteiger partial charge in [-0.3, -0.25) is 0 Å². The molecule has 0 aliphatic heterocycles. The monoisotopic (exact) mass is 200 g/mol. The van der Waals surface area contributed by atoms with E-state index in [0.29, 0.717) is 18.6 Å². The first-order valence-electron chi connectivity index (χ1n) is 5.96. The zero-order chi connectivity index (χ0) is 10.4. The lowest BCUT2D eigenvalue weighted by Crippen LogP contribution is -2.19. The van der Waals surface area contributed by atoms with Gasteiger partial charge in [0.25, 0.3) is 0 Å². The number of ether oxygens (including phenoxy) is 1. The third-order valence-corrected chi connectivity index (χ3v) is 3.24. The van der Waals surface area contributed by atoms with Crippen LogP contribution in [0.1, 0.15) is 46.0 Å². The van der Waals surface area contributed by atoms with Gasteiger partial charge < -0.3 is 9.84 Å². The van der Waals surface area contributed by atoms with Crippen molar-refractivity contribution in [1.29, 1.82) is 0 Å². The fourth-order valence-corrected chi connectivity index (χ4v) is 2.36. The van der Waals surface area contributed by atoms with E-state index >= 15 is 0 Å². The maximum absolute atomic E-state index is 9.30. The van der Waals surface area contributed by atoms with Gasteiger partial charge in [0.15, 0.2) is 0 Å². The van der Waals surface area contributed by atoms with E-state index in [9.17, 15) is 5.11 Å². The summed E-state index contributed by atoms with van der Waals surface area (Å²) in [6.45, 7) is 5.26. The van der Waals surface area contributed by atoms with Crippen LogP contribution in [0.5, 0.6) is 0 Å². The van der Waals surface area contributed by atoms with Gasteiger partial charge in [-0.2, -0.15) is 0 Å². The van der Waals surface area contributed by atoms with Gasteiger partial charge in [-0.05, 0) is 32.1 Å². The first-order chi connectivity index (χ1) is 6.74. The van der Waals surface area contributed by atoms with Crippen LogP contribution >= 0.6 is 0 Å². The standard InChI is InChI=1S/C12H24O2/c1-10(2)14-8-7-12(9-13)11-5-3-4-6-11/h10-13H,3-9H2,1-2H3. The Hall–Kier alpha value is -0.0800. The fourth-order valence-electron chi connectivity index (χ4n) is 2.36. The first-order valence-corrected chi connectivity index (χ1v) is 5.96. The van der Waals surface area contributed by atoms with Crippen molar-refractivity contribution >= 4 is 0 Å². The average molecular weight is 200 g/mol. The van der Waals surface area contributed by atoms with E-state index in [1.807, 2.05) is 0 Å². The van der Waals surface area contributed by atoms with Gasteiger partial charge in [-0.1, -0.05) is 25.7 Å². The molecule has 0 aromatic heterocycles. The molecule has 2 heteroatoms. The highest BCUT2D eigenvalue weighted by molar-refractivity contribution is 4.74. The molecule has 0 spiro atoms. The van der Waals surface area contributed by atoms with E-state index in [4.69, 9.17) is 4.74 Å². The van der Waals surface area contributed by atoms with Crippen molar-refractivity contribution in [2.45, 2.75) is 52.1 Å². The molecule has 0 saturated heterocycles. The Labute approximate surface area is 87.7 Å². The molecule has 1 rings (SSSR count). The lowest BCUT2D eigenvalue weighted by atomic mass is 9.89. The third-order valence-electron chi connectivity index (χ3n) is 3.24. The smallest absolute Gasteiger partial charge is 0.0518 e. The van der Waals surface area contributed by atoms with Gasteiger partial charge in [0.1, 0.15) is 0 Å². The van der Waals surface area contributed by atoms with Crippen molar-refractivity contribution < 1.29 is 9.84 Å². The summed E-state index contributed by atoms with van der Waals surface area (Å²) in [6.07, 6.45) is 6.68. The van der Waals surface area contributed by atoms with Crippen LogP contribution in [-0.4, -0.2) is 24.4 Å². The van der Waals surface area contributed by atoms with E-state index in [1.165, 1.54) is 25.7 Å². The summed E-state index contributed by atoms with van der Waals surface area (Å²) in [5.41, 5.74) is 0. The number of aliphatic hydroxyl groups excluding tert-OH is 1. The summed E-state index contributed by atoms with van der Waals surface area (Å²) >= 11 is 0. The molecule has 1 saturated carbocycles. The van der Waals surface area contributed by atoms with E-state index < -0.39 is 0 Å². The zero-order valence-corrected chi connectivity index (χ0v) is 9.54. The summed E-state index contributed by atoms with van der Waals surface area (Å²) in [5.74, 6) is 1.24. The molecule has 1 fully saturated rings. The van der Waals surface area contributed by atoms with E-state index in [1.54, 1.807) is 0 Å². The number of hydrogen-bond acceptors (Lipinski definition) is 2. The Kier molecular flexibility index (Phi) is 5.49. The first kappa shape index (κ1) is 12.0. The Morgan fingerprint density at radius 1 is 1.29 bits per heavy atom. The minimum absolute atomic E-state index is 0.318. The second kappa shape index (κ2) is 6.41. The minimum Gasteiger partial charge on any atom is -0.396 e. The molecular weight excluding hydrogens is 176 g/mol. The van der Waals surface area contributed by atoms with Crippen molar-refractivity contribution in [3.05, 3.63) is 0 Å². The fraction of sp³-hybridized carbons (Fsp3) is 1.00. The van der Waals surface area contributed by atoms with Crippen LogP contribution in [0, 0.1) is 11.8 Å². The lowest BCUT2D eigenvalue weighted by Gasteiger charge is -2.21. The molecule has 14 heavy (non-hydrogen) atoms. The molecule has 2 nitrogen and oxygen atoms in total. The van der Waals surface area contributed by atoms with Crippen LogP contribution in [0.15, 0.2) is 0 Å². The molecule has 0 radical (unpaired) electrons. The summed E-state index contributed by atoms with van der Waals surface area (Å²) in [7, 11) is 0. The van der Waals surface area contributed by atoms with Gasteiger partial charge in [0.2, 0.25) is 0 Å². The normalized spacial score (nSPS) is 20.6. The highest BCUT2D eigenvalue weighted by atomic mass is 16.5. The SMILES string of the molecule is CC(C)OCCC(CO)C1CCCC1. The molecule has 84 valence electrons. The van der Waals surface area contributed by atoms with Crippen LogP contribution in [-0.2, 0) is 4.74 Å².